The molecule has 0 radical (unpaired) electrons. The zero-order valence-electron chi connectivity index (χ0n) is 3.79. The minimum atomic E-state index is 0.963. The molecular weight excluding hydrogens is 106 g/mol. The van der Waals surface area contributed by atoms with E-state index in [1.54, 1.807) is 11.3 Å². The molecule has 1 aromatic heterocycles. The predicted molar refractivity (Wildman–Crippen MR) is 33.5 cm³/mol. The van der Waals surface area contributed by atoms with E-state index in [1.807, 2.05) is 16.8 Å². The van der Waals surface area contributed by atoms with Crippen LogP contribution in [0.15, 0.2) is 21.8 Å². The molecule has 0 aromatic carbocycles. The van der Waals surface area contributed by atoms with Crippen LogP contribution in [0.5, 0.6) is 0 Å². The maximum absolute atomic E-state index is 3.69. The van der Waals surface area contributed by atoms with Crippen LogP contribution in [0, 0.1) is 0 Å². The van der Waals surface area contributed by atoms with Gasteiger partial charge in [-0.3, -0.25) is 4.99 Å². The van der Waals surface area contributed by atoms with Gasteiger partial charge in [0.25, 0.3) is 0 Å². The van der Waals surface area contributed by atoms with Gasteiger partial charge in [0.05, 0.1) is 5.69 Å². The summed E-state index contributed by atoms with van der Waals surface area (Å²) in [5, 5.41) is 3.93. The number of thiophene rings is 1. The molecule has 36 valence electrons. The summed E-state index contributed by atoms with van der Waals surface area (Å²) in [6, 6.07) is 1.93. The van der Waals surface area contributed by atoms with Gasteiger partial charge >= 0.3 is 0 Å². The Morgan fingerprint density at radius 1 is 1.71 bits per heavy atom. The smallest absolute Gasteiger partial charge is 0.0729 e. The van der Waals surface area contributed by atoms with Crippen molar-refractivity contribution in [2.75, 3.05) is 0 Å². The Morgan fingerprint density at radius 2 is 2.57 bits per heavy atom. The van der Waals surface area contributed by atoms with Gasteiger partial charge in [-0.15, -0.1) is 0 Å². The molecule has 0 spiro atoms. The first kappa shape index (κ1) is 4.53. The molecule has 1 rings (SSSR count). The lowest BCUT2D eigenvalue weighted by Crippen LogP contribution is -1.42. The van der Waals surface area contributed by atoms with Crippen molar-refractivity contribution in [3.05, 3.63) is 16.8 Å². The molecule has 0 bridgehead atoms. The number of nitrogens with zero attached hydrogens (tertiary/aromatic N) is 1. The van der Waals surface area contributed by atoms with Gasteiger partial charge in [0, 0.05) is 5.38 Å². The van der Waals surface area contributed by atoms with E-state index in [-0.39, 0.29) is 0 Å². The van der Waals surface area contributed by atoms with Crippen LogP contribution in [0.4, 0.5) is 5.69 Å². The quantitative estimate of drug-likeness (QED) is 0.492. The molecule has 7 heavy (non-hydrogen) atoms. The Kier molecular flexibility index (Phi) is 1.22. The molecule has 1 heterocycles. The maximum Gasteiger partial charge on any atom is 0.0729 e. The van der Waals surface area contributed by atoms with Crippen molar-refractivity contribution >= 4 is 23.7 Å². The summed E-state index contributed by atoms with van der Waals surface area (Å²) in [5.74, 6) is 0. The van der Waals surface area contributed by atoms with Crippen LogP contribution >= 0.6 is 11.3 Å². The first-order valence-electron chi connectivity index (χ1n) is 1.92. The molecule has 0 N–H and O–H groups in total. The van der Waals surface area contributed by atoms with Crippen LogP contribution in [0.3, 0.4) is 0 Å². The van der Waals surface area contributed by atoms with Crippen molar-refractivity contribution in [3.8, 4) is 0 Å². The predicted octanol–water partition coefficient (Wildman–Crippen LogP) is 2.08. The van der Waals surface area contributed by atoms with E-state index in [9.17, 15) is 0 Å². The molecule has 0 saturated carbocycles. The highest BCUT2D eigenvalue weighted by atomic mass is 32.1. The highest BCUT2D eigenvalue weighted by molar-refractivity contribution is 7.08. The molecule has 0 saturated heterocycles. The fraction of sp³-hybridized carbons (Fsp3) is 0. The Morgan fingerprint density at radius 3 is 2.86 bits per heavy atom. The average molecular weight is 111 g/mol. The van der Waals surface area contributed by atoms with E-state index >= 15 is 0 Å². The van der Waals surface area contributed by atoms with Gasteiger partial charge in [0.2, 0.25) is 0 Å². The third-order valence-electron chi connectivity index (χ3n) is 0.689. The van der Waals surface area contributed by atoms with Crippen molar-refractivity contribution in [1.29, 1.82) is 0 Å². The Bertz CT molecular complexity index is 143. The summed E-state index contributed by atoms with van der Waals surface area (Å²) >= 11 is 1.63. The normalized spacial score (nSPS) is 8.57. The lowest BCUT2D eigenvalue weighted by atomic mass is 10.6. The summed E-state index contributed by atoms with van der Waals surface area (Å²) < 4.78 is 0. The number of hydrogen-bond acceptors (Lipinski definition) is 2. The summed E-state index contributed by atoms with van der Waals surface area (Å²) in [6.45, 7) is 3.36. The highest BCUT2D eigenvalue weighted by Gasteiger charge is 1.79. The van der Waals surface area contributed by atoms with Crippen LogP contribution in [0.2, 0.25) is 0 Å². The van der Waals surface area contributed by atoms with E-state index in [1.165, 1.54) is 0 Å². The molecule has 2 heteroatoms. The topological polar surface area (TPSA) is 12.4 Å². The third-order valence-corrected chi connectivity index (χ3v) is 1.36. The van der Waals surface area contributed by atoms with Gasteiger partial charge in [-0.1, -0.05) is 0 Å². The number of rotatable bonds is 1. The fourth-order valence-electron chi connectivity index (χ4n) is 0.347. The summed E-state index contributed by atoms with van der Waals surface area (Å²) in [7, 11) is 0. The van der Waals surface area contributed by atoms with Crippen molar-refractivity contribution in [2.24, 2.45) is 4.99 Å². The second-order valence-electron chi connectivity index (χ2n) is 1.14. The first-order chi connectivity index (χ1) is 3.43. The van der Waals surface area contributed by atoms with Crippen molar-refractivity contribution < 1.29 is 0 Å². The Balaban J connectivity index is 2.96. The van der Waals surface area contributed by atoms with Crippen LogP contribution in [0.1, 0.15) is 0 Å². The zero-order valence-corrected chi connectivity index (χ0v) is 4.61. The molecule has 0 unspecified atom stereocenters. The molecule has 1 aromatic rings. The summed E-state index contributed by atoms with van der Waals surface area (Å²) in [4.78, 5) is 3.69. The third kappa shape index (κ3) is 0.871. The van der Waals surface area contributed by atoms with Crippen LogP contribution in [0.25, 0.3) is 0 Å². The SMILES string of the molecule is C=Nc1ccsc1. The van der Waals surface area contributed by atoms with Gasteiger partial charge < -0.3 is 0 Å². The average Bonchev–Trinajstić information content (AvgIpc) is 2.14. The summed E-state index contributed by atoms with van der Waals surface area (Å²) in [6.07, 6.45) is 0. The summed E-state index contributed by atoms with van der Waals surface area (Å²) in [5.41, 5.74) is 0.963. The van der Waals surface area contributed by atoms with E-state index in [0.29, 0.717) is 0 Å². The molecule has 0 amide bonds. The van der Waals surface area contributed by atoms with Gasteiger partial charge in [-0.25, -0.2) is 0 Å². The molecule has 0 aliphatic heterocycles. The molecule has 0 fully saturated rings. The van der Waals surface area contributed by atoms with E-state index in [0.717, 1.165) is 5.69 Å². The number of hydrogen-bond donors (Lipinski definition) is 0. The van der Waals surface area contributed by atoms with E-state index in [2.05, 4.69) is 11.7 Å². The minimum absolute atomic E-state index is 0.963. The van der Waals surface area contributed by atoms with Crippen molar-refractivity contribution in [3.63, 3.8) is 0 Å². The van der Waals surface area contributed by atoms with Gasteiger partial charge in [-0.05, 0) is 18.2 Å². The first-order valence-corrected chi connectivity index (χ1v) is 2.86. The minimum Gasteiger partial charge on any atom is -0.264 e. The molecule has 1 nitrogen and oxygen atoms in total. The number of aliphatic imine (C=N–C) groups is 1. The van der Waals surface area contributed by atoms with Gasteiger partial charge in [-0.2, -0.15) is 11.3 Å². The second-order valence-corrected chi connectivity index (χ2v) is 1.92. The lowest BCUT2D eigenvalue weighted by Gasteiger charge is -1.72. The Hall–Kier alpha value is -0.630. The van der Waals surface area contributed by atoms with Crippen LogP contribution < -0.4 is 0 Å². The molecule has 0 aliphatic carbocycles. The standard InChI is InChI=1S/C5H5NS/c1-6-5-2-3-7-4-5/h2-4H,1H2. The molecule has 0 aliphatic rings. The molecule has 0 atom stereocenters. The maximum atomic E-state index is 3.69. The van der Waals surface area contributed by atoms with E-state index in [4.69, 9.17) is 0 Å². The molecular formula is C5H5NS. The Labute approximate surface area is 46.3 Å². The fourth-order valence-corrected chi connectivity index (χ4v) is 0.936. The van der Waals surface area contributed by atoms with Crippen molar-refractivity contribution in [2.45, 2.75) is 0 Å². The van der Waals surface area contributed by atoms with Gasteiger partial charge in [0.15, 0.2) is 0 Å². The second kappa shape index (κ2) is 1.89. The monoisotopic (exact) mass is 111 g/mol. The van der Waals surface area contributed by atoms with Crippen molar-refractivity contribution in [1.82, 2.24) is 0 Å². The van der Waals surface area contributed by atoms with Crippen LogP contribution in [-0.4, -0.2) is 6.72 Å². The zero-order chi connectivity index (χ0) is 5.11. The van der Waals surface area contributed by atoms with Crippen LogP contribution in [-0.2, 0) is 0 Å². The lowest BCUT2D eigenvalue weighted by molar-refractivity contribution is 1.63. The van der Waals surface area contributed by atoms with Gasteiger partial charge in [0.1, 0.15) is 0 Å². The van der Waals surface area contributed by atoms with E-state index < -0.39 is 0 Å². The highest BCUT2D eigenvalue weighted by Crippen LogP contribution is 2.13. The largest absolute Gasteiger partial charge is 0.264 e.